The van der Waals surface area contributed by atoms with Crippen LogP contribution in [0.25, 0.3) is 0 Å². The minimum Gasteiger partial charge on any atom is -0.510 e. The molecule has 2 heteroatoms. The first-order valence-electron chi connectivity index (χ1n) is 2.40. The molecule has 1 nitrogen and oxygen atoms in total. The molecule has 1 aromatic carbocycles. The first-order valence-corrected chi connectivity index (χ1v) is 2.40. The minimum absolute atomic E-state index is 0. The molecule has 0 fully saturated rings. The number of hydrogen-bond acceptors (Lipinski definition) is 1. The van der Waals surface area contributed by atoms with Gasteiger partial charge in [0.2, 0.25) is 0 Å². The SMILES string of the molecule is [CH2-]c1ccc(O)cc1.[Y]. The monoisotopic (exact) mass is 196 g/mol. The second kappa shape index (κ2) is 3.91. The van der Waals surface area contributed by atoms with Gasteiger partial charge in [0.05, 0.1) is 5.75 Å². The molecule has 0 aliphatic rings. The van der Waals surface area contributed by atoms with Crippen molar-refractivity contribution in [3.05, 3.63) is 36.8 Å². The second-order valence-electron chi connectivity index (χ2n) is 1.67. The van der Waals surface area contributed by atoms with E-state index in [0.717, 1.165) is 5.56 Å². The molecule has 0 bridgehead atoms. The van der Waals surface area contributed by atoms with Crippen molar-refractivity contribution in [3.63, 3.8) is 0 Å². The molecule has 0 aliphatic heterocycles. The van der Waals surface area contributed by atoms with Gasteiger partial charge < -0.3 is 5.11 Å². The molecule has 0 unspecified atom stereocenters. The number of benzene rings is 1. The van der Waals surface area contributed by atoms with E-state index in [1.54, 1.807) is 24.3 Å². The fourth-order valence-electron chi connectivity index (χ4n) is 0.496. The van der Waals surface area contributed by atoms with Crippen molar-refractivity contribution in [1.29, 1.82) is 0 Å². The van der Waals surface area contributed by atoms with Gasteiger partial charge in [0.25, 0.3) is 0 Å². The van der Waals surface area contributed by atoms with E-state index in [2.05, 4.69) is 6.92 Å². The molecule has 0 saturated carbocycles. The third kappa shape index (κ3) is 2.88. The normalized spacial score (nSPS) is 8.00. The van der Waals surface area contributed by atoms with E-state index < -0.39 is 0 Å². The summed E-state index contributed by atoms with van der Waals surface area (Å²) in [5.41, 5.74) is 0.919. The van der Waals surface area contributed by atoms with Crippen LogP contribution in [0.3, 0.4) is 0 Å². The van der Waals surface area contributed by atoms with Crippen molar-refractivity contribution >= 4 is 0 Å². The van der Waals surface area contributed by atoms with Crippen molar-refractivity contribution in [1.82, 2.24) is 0 Å². The zero-order chi connectivity index (χ0) is 5.98. The van der Waals surface area contributed by atoms with Crippen LogP contribution in [0.4, 0.5) is 0 Å². The van der Waals surface area contributed by atoms with E-state index in [9.17, 15) is 0 Å². The number of phenols is 1. The zero-order valence-electron chi connectivity index (χ0n) is 5.04. The molecule has 0 spiro atoms. The standard InChI is InChI=1S/C7H7O.Y/c1-6-2-4-7(8)5-3-6;/h2-5,8H,1H2;/q-1;. The summed E-state index contributed by atoms with van der Waals surface area (Å²) in [6, 6.07) is 6.75. The Balaban J connectivity index is 0.000000640. The van der Waals surface area contributed by atoms with Crippen molar-refractivity contribution in [2.45, 2.75) is 0 Å². The van der Waals surface area contributed by atoms with Crippen molar-refractivity contribution < 1.29 is 37.8 Å². The maximum absolute atomic E-state index is 8.73. The van der Waals surface area contributed by atoms with Crippen LogP contribution in [-0.2, 0) is 32.7 Å². The molecule has 0 aliphatic carbocycles. The first kappa shape index (κ1) is 8.99. The van der Waals surface area contributed by atoms with E-state index in [1.807, 2.05) is 0 Å². The summed E-state index contributed by atoms with van der Waals surface area (Å²) < 4.78 is 0. The Kier molecular flexibility index (Phi) is 3.91. The molecule has 0 atom stereocenters. The van der Waals surface area contributed by atoms with E-state index in [0.29, 0.717) is 0 Å². The predicted molar refractivity (Wildman–Crippen MR) is 32.6 cm³/mol. The van der Waals surface area contributed by atoms with Crippen molar-refractivity contribution in [3.8, 4) is 5.75 Å². The summed E-state index contributed by atoms with van der Waals surface area (Å²) in [5.74, 6) is 0.289. The van der Waals surface area contributed by atoms with E-state index >= 15 is 0 Å². The zero-order valence-corrected chi connectivity index (χ0v) is 7.88. The molecule has 1 radical (unpaired) electrons. The minimum atomic E-state index is 0. The van der Waals surface area contributed by atoms with Gasteiger partial charge in [-0.3, -0.25) is 0 Å². The Hall–Kier alpha value is -0.00610. The van der Waals surface area contributed by atoms with Gasteiger partial charge in [0.15, 0.2) is 0 Å². The fourth-order valence-corrected chi connectivity index (χ4v) is 0.496. The maximum atomic E-state index is 8.73. The quantitative estimate of drug-likeness (QED) is 0.624. The molecule has 1 aromatic rings. The van der Waals surface area contributed by atoms with Gasteiger partial charge in [0, 0.05) is 32.7 Å². The number of hydrogen-bond donors (Lipinski definition) is 1. The molecule has 45 valence electrons. The Labute approximate surface area is 80.0 Å². The summed E-state index contributed by atoms with van der Waals surface area (Å²) in [6.45, 7) is 3.65. The molecule has 0 heterocycles. The third-order valence-corrected chi connectivity index (χ3v) is 0.936. The Bertz CT molecular complexity index is 148. The maximum Gasteiger partial charge on any atom is 0.0910 e. The van der Waals surface area contributed by atoms with Gasteiger partial charge in [0.1, 0.15) is 0 Å². The van der Waals surface area contributed by atoms with Crippen LogP contribution >= 0.6 is 0 Å². The van der Waals surface area contributed by atoms with Crippen LogP contribution in [0.5, 0.6) is 5.75 Å². The summed E-state index contributed by atoms with van der Waals surface area (Å²) in [4.78, 5) is 0. The molecule has 1 rings (SSSR count). The van der Waals surface area contributed by atoms with Gasteiger partial charge >= 0.3 is 0 Å². The number of phenolic OH excluding ortho intramolecular Hbond substituents is 1. The van der Waals surface area contributed by atoms with Crippen LogP contribution < -0.4 is 0 Å². The molecular weight excluding hydrogens is 189 g/mol. The molecular formula is C7H7OY-. The topological polar surface area (TPSA) is 20.2 Å². The Morgan fingerprint density at radius 3 is 1.89 bits per heavy atom. The summed E-state index contributed by atoms with van der Waals surface area (Å²) in [7, 11) is 0. The number of aromatic hydroxyl groups is 1. The summed E-state index contributed by atoms with van der Waals surface area (Å²) >= 11 is 0. The van der Waals surface area contributed by atoms with Gasteiger partial charge in [-0.15, -0.1) is 0 Å². The van der Waals surface area contributed by atoms with Crippen molar-refractivity contribution in [2.24, 2.45) is 0 Å². The Morgan fingerprint density at radius 1 is 1.11 bits per heavy atom. The Morgan fingerprint density at radius 2 is 1.56 bits per heavy atom. The molecule has 0 aromatic heterocycles. The van der Waals surface area contributed by atoms with Gasteiger partial charge in [-0.25, -0.2) is 0 Å². The average molecular weight is 196 g/mol. The smallest absolute Gasteiger partial charge is 0.0910 e. The average Bonchev–Trinajstić information content (AvgIpc) is 1.77. The van der Waals surface area contributed by atoms with E-state index in [4.69, 9.17) is 5.11 Å². The van der Waals surface area contributed by atoms with Gasteiger partial charge in [-0.05, 0) is 0 Å². The number of rotatable bonds is 0. The van der Waals surface area contributed by atoms with Gasteiger partial charge in [-0.1, -0.05) is 12.1 Å². The summed E-state index contributed by atoms with van der Waals surface area (Å²) in [6.07, 6.45) is 0. The largest absolute Gasteiger partial charge is 0.510 e. The molecule has 0 amide bonds. The fraction of sp³-hybridized carbons (Fsp3) is 0. The first-order chi connectivity index (χ1) is 3.79. The van der Waals surface area contributed by atoms with Crippen molar-refractivity contribution in [2.75, 3.05) is 0 Å². The van der Waals surface area contributed by atoms with Crippen LogP contribution in [0.2, 0.25) is 0 Å². The van der Waals surface area contributed by atoms with Crippen LogP contribution in [0.15, 0.2) is 24.3 Å². The second-order valence-corrected chi connectivity index (χ2v) is 1.67. The predicted octanol–water partition coefficient (Wildman–Crippen LogP) is 1.57. The van der Waals surface area contributed by atoms with E-state index in [1.165, 1.54) is 0 Å². The summed E-state index contributed by atoms with van der Waals surface area (Å²) in [5, 5.41) is 8.73. The van der Waals surface area contributed by atoms with Crippen LogP contribution in [-0.4, -0.2) is 5.11 Å². The molecule has 0 saturated heterocycles. The van der Waals surface area contributed by atoms with Crippen LogP contribution in [0.1, 0.15) is 5.56 Å². The van der Waals surface area contributed by atoms with E-state index in [-0.39, 0.29) is 38.5 Å². The van der Waals surface area contributed by atoms with Crippen LogP contribution in [0, 0.1) is 6.92 Å². The molecule has 1 N–H and O–H groups in total. The third-order valence-electron chi connectivity index (χ3n) is 0.936. The molecule has 9 heavy (non-hydrogen) atoms. The van der Waals surface area contributed by atoms with Gasteiger partial charge in [-0.2, -0.15) is 24.6 Å².